The number of ketones is 1. The fraction of sp³-hybridized carbons (Fsp3) is 0.500. The van der Waals surface area contributed by atoms with E-state index in [0.29, 0.717) is 12.0 Å². The van der Waals surface area contributed by atoms with E-state index in [1.54, 1.807) is 23.5 Å². The van der Waals surface area contributed by atoms with E-state index >= 15 is 0 Å². The molecule has 1 aromatic carbocycles. The molecule has 3 aliphatic rings. The topological polar surface area (TPSA) is 95.1 Å². The van der Waals surface area contributed by atoms with Crippen molar-refractivity contribution in [3.63, 3.8) is 0 Å². The van der Waals surface area contributed by atoms with Crippen LogP contribution in [0, 0.1) is 5.92 Å². The summed E-state index contributed by atoms with van der Waals surface area (Å²) in [6.45, 7) is 12.2. The number of hydrogen-bond donors (Lipinski definition) is 1. The summed E-state index contributed by atoms with van der Waals surface area (Å²) in [7, 11) is 2.13. The van der Waals surface area contributed by atoms with Crippen LogP contribution in [-0.4, -0.2) is 96.9 Å². The Balaban J connectivity index is 1.26. The number of rotatable bonds is 7. The van der Waals surface area contributed by atoms with Gasteiger partial charge in [-0.1, -0.05) is 32.6 Å². The van der Waals surface area contributed by atoms with Crippen LogP contribution in [0.5, 0.6) is 0 Å². The second-order valence-corrected chi connectivity index (χ2v) is 11.6. The SMILES string of the molecule is C=C1CN(C(=O)C(CC(C)C)NC(=O)c2ccc(-c3csc(N4CCN(C)CC4)n3)cc2)[C@@H]2C(=O)CO[C@H]12. The largest absolute Gasteiger partial charge is 0.363 e. The number of likely N-dealkylation sites (N-methyl/N-ethyl adjacent to an activating group) is 1. The van der Waals surface area contributed by atoms with Gasteiger partial charge >= 0.3 is 0 Å². The Morgan fingerprint density at radius 3 is 2.58 bits per heavy atom. The van der Waals surface area contributed by atoms with Gasteiger partial charge in [-0.15, -0.1) is 11.3 Å². The molecule has 2 amide bonds. The van der Waals surface area contributed by atoms with Gasteiger partial charge < -0.3 is 24.8 Å². The number of nitrogens with zero attached hydrogens (tertiary/aromatic N) is 4. The van der Waals surface area contributed by atoms with Crippen molar-refractivity contribution in [2.24, 2.45) is 5.92 Å². The number of benzene rings is 1. The first-order valence-electron chi connectivity index (χ1n) is 13.1. The molecule has 38 heavy (non-hydrogen) atoms. The summed E-state index contributed by atoms with van der Waals surface area (Å²) >= 11 is 1.63. The number of carbonyl (C=O) groups excluding carboxylic acids is 3. The maximum absolute atomic E-state index is 13.5. The molecule has 0 radical (unpaired) electrons. The second kappa shape index (κ2) is 11.0. The van der Waals surface area contributed by atoms with Crippen molar-refractivity contribution < 1.29 is 19.1 Å². The van der Waals surface area contributed by atoms with Crippen molar-refractivity contribution in [1.29, 1.82) is 0 Å². The maximum Gasteiger partial charge on any atom is 0.251 e. The molecule has 3 aliphatic heterocycles. The van der Waals surface area contributed by atoms with E-state index in [4.69, 9.17) is 9.72 Å². The van der Waals surface area contributed by atoms with Crippen LogP contribution in [0.3, 0.4) is 0 Å². The van der Waals surface area contributed by atoms with Crippen molar-refractivity contribution in [1.82, 2.24) is 20.1 Å². The molecular weight excluding hydrogens is 502 g/mol. The second-order valence-electron chi connectivity index (χ2n) is 10.8. The van der Waals surface area contributed by atoms with Crippen molar-refractivity contribution >= 4 is 34.1 Å². The molecule has 10 heteroatoms. The molecule has 4 heterocycles. The number of carbonyl (C=O) groups is 3. The Morgan fingerprint density at radius 2 is 1.89 bits per heavy atom. The number of ether oxygens (including phenoxy) is 1. The number of fused-ring (bicyclic) bond motifs is 1. The van der Waals surface area contributed by atoms with E-state index in [2.05, 4.69) is 28.7 Å². The molecule has 0 spiro atoms. The molecule has 0 saturated carbocycles. The molecule has 0 bridgehead atoms. The van der Waals surface area contributed by atoms with Crippen molar-refractivity contribution in [3.8, 4) is 11.3 Å². The number of piperazine rings is 1. The summed E-state index contributed by atoms with van der Waals surface area (Å²) in [6.07, 6.45) is 0.0169. The number of anilines is 1. The van der Waals surface area contributed by atoms with Crippen LogP contribution < -0.4 is 10.2 Å². The van der Waals surface area contributed by atoms with Gasteiger partial charge in [0.25, 0.3) is 5.91 Å². The zero-order valence-electron chi connectivity index (χ0n) is 22.2. The molecule has 202 valence electrons. The van der Waals surface area contributed by atoms with Gasteiger partial charge in [0.15, 0.2) is 10.9 Å². The lowest BCUT2D eigenvalue weighted by Gasteiger charge is -2.32. The lowest BCUT2D eigenvalue weighted by molar-refractivity contribution is -0.138. The normalized spacial score (nSPS) is 22.7. The van der Waals surface area contributed by atoms with Crippen LogP contribution in [0.1, 0.15) is 30.6 Å². The van der Waals surface area contributed by atoms with E-state index in [-0.39, 0.29) is 36.7 Å². The van der Waals surface area contributed by atoms with Gasteiger partial charge in [0.1, 0.15) is 24.8 Å². The average molecular weight is 538 g/mol. The number of nitrogens with one attached hydrogen (secondary N) is 1. The van der Waals surface area contributed by atoms with Crippen LogP contribution in [0.4, 0.5) is 5.13 Å². The molecule has 9 nitrogen and oxygen atoms in total. The Hall–Kier alpha value is -3.08. The van der Waals surface area contributed by atoms with Crippen molar-refractivity contribution in [3.05, 3.63) is 47.4 Å². The fourth-order valence-electron chi connectivity index (χ4n) is 5.28. The Kier molecular flexibility index (Phi) is 7.65. The summed E-state index contributed by atoms with van der Waals surface area (Å²) in [6, 6.07) is 5.92. The zero-order chi connectivity index (χ0) is 27.0. The molecule has 3 fully saturated rings. The average Bonchev–Trinajstić information content (AvgIpc) is 3.62. The van der Waals surface area contributed by atoms with Crippen LogP contribution in [0.15, 0.2) is 41.8 Å². The van der Waals surface area contributed by atoms with Crippen LogP contribution >= 0.6 is 11.3 Å². The molecule has 3 saturated heterocycles. The third-order valence-electron chi connectivity index (χ3n) is 7.44. The highest BCUT2D eigenvalue weighted by atomic mass is 32.1. The lowest BCUT2D eigenvalue weighted by Crippen LogP contribution is -2.52. The van der Waals surface area contributed by atoms with E-state index in [1.807, 2.05) is 31.4 Å². The smallest absolute Gasteiger partial charge is 0.251 e. The first-order valence-corrected chi connectivity index (χ1v) is 14.0. The first-order chi connectivity index (χ1) is 18.2. The van der Waals surface area contributed by atoms with Crippen molar-refractivity contribution in [2.75, 3.05) is 51.3 Å². The van der Waals surface area contributed by atoms with Gasteiger partial charge in [-0.3, -0.25) is 14.4 Å². The third kappa shape index (κ3) is 5.39. The third-order valence-corrected chi connectivity index (χ3v) is 8.34. The van der Waals surface area contributed by atoms with E-state index in [9.17, 15) is 14.4 Å². The number of thiazole rings is 1. The zero-order valence-corrected chi connectivity index (χ0v) is 23.0. The summed E-state index contributed by atoms with van der Waals surface area (Å²) < 4.78 is 5.54. The maximum atomic E-state index is 13.5. The summed E-state index contributed by atoms with van der Waals surface area (Å²) in [4.78, 5) is 50.1. The van der Waals surface area contributed by atoms with E-state index < -0.39 is 18.2 Å². The number of aromatic nitrogens is 1. The number of hydrogen-bond acceptors (Lipinski definition) is 8. The van der Waals surface area contributed by atoms with Gasteiger partial charge in [0.2, 0.25) is 5.91 Å². The Morgan fingerprint density at radius 1 is 1.18 bits per heavy atom. The predicted octanol–water partition coefficient (Wildman–Crippen LogP) is 2.44. The summed E-state index contributed by atoms with van der Waals surface area (Å²) in [5, 5.41) is 5.99. The van der Waals surface area contributed by atoms with Crippen LogP contribution in [0.2, 0.25) is 0 Å². The van der Waals surface area contributed by atoms with Gasteiger partial charge in [-0.05, 0) is 37.1 Å². The quantitative estimate of drug-likeness (QED) is 0.542. The molecular formula is C28H35N5O4S. The van der Waals surface area contributed by atoms with Crippen molar-refractivity contribution in [2.45, 2.75) is 38.5 Å². The van der Waals surface area contributed by atoms with E-state index in [0.717, 1.165) is 48.1 Å². The molecule has 1 unspecified atom stereocenters. The number of Topliss-reactive ketones (excluding diaryl/α,β-unsaturated/α-hetero) is 1. The Bertz CT molecular complexity index is 1220. The predicted molar refractivity (Wildman–Crippen MR) is 147 cm³/mol. The van der Waals surface area contributed by atoms with Gasteiger partial charge in [0.05, 0.1) is 5.69 Å². The minimum Gasteiger partial charge on any atom is -0.363 e. The minimum atomic E-state index is -0.744. The molecule has 0 aliphatic carbocycles. The molecule has 2 aromatic rings. The van der Waals surface area contributed by atoms with E-state index in [1.165, 1.54) is 4.90 Å². The highest BCUT2D eigenvalue weighted by molar-refractivity contribution is 7.14. The molecule has 1 aromatic heterocycles. The minimum absolute atomic E-state index is 0.0124. The highest BCUT2D eigenvalue weighted by Gasteiger charge is 2.50. The summed E-state index contributed by atoms with van der Waals surface area (Å²) in [5.74, 6) is -0.543. The number of amides is 2. The molecule has 3 atom stereocenters. The van der Waals surface area contributed by atoms with Crippen LogP contribution in [-0.2, 0) is 14.3 Å². The molecule has 1 N–H and O–H groups in total. The molecule has 5 rings (SSSR count). The Labute approximate surface area is 227 Å². The standard InChI is InChI=1S/C28H35N5O4S/c1-17(2)13-21(27(36)33-14-18(3)25-24(33)23(34)15-37-25)29-26(35)20-7-5-19(6-8-20)22-16-38-28(30-22)32-11-9-31(4)10-12-32/h5-8,16-17,21,24-25H,3,9-15H2,1-2,4H3,(H,29,35)/t21?,24-,25-/m1/s1. The monoisotopic (exact) mass is 537 g/mol. The lowest BCUT2D eigenvalue weighted by atomic mass is 10.0. The number of likely N-dealkylation sites (tertiary alicyclic amines) is 1. The first kappa shape index (κ1) is 26.5. The van der Waals surface area contributed by atoms with Crippen LogP contribution in [0.25, 0.3) is 11.3 Å². The highest BCUT2D eigenvalue weighted by Crippen LogP contribution is 2.31. The van der Waals surface area contributed by atoms with Gasteiger partial charge in [-0.25, -0.2) is 4.98 Å². The summed E-state index contributed by atoms with van der Waals surface area (Å²) in [5.41, 5.74) is 3.01. The van der Waals surface area contributed by atoms with Gasteiger partial charge in [0, 0.05) is 49.2 Å². The van der Waals surface area contributed by atoms with Gasteiger partial charge in [-0.2, -0.15) is 0 Å². The fourth-order valence-corrected chi connectivity index (χ4v) is 6.17.